The molecule has 2 rings (SSSR count). The lowest BCUT2D eigenvalue weighted by Gasteiger charge is -2.22. The molecular formula is C12H15NO2. The fourth-order valence-electron chi connectivity index (χ4n) is 1.95. The van der Waals surface area contributed by atoms with Crippen molar-refractivity contribution in [2.45, 2.75) is 26.0 Å². The Morgan fingerprint density at radius 3 is 3.07 bits per heavy atom. The van der Waals surface area contributed by atoms with Gasteiger partial charge < -0.3 is 10.1 Å². The van der Waals surface area contributed by atoms with E-state index in [1.54, 1.807) is 7.11 Å². The number of carbonyl (C=O) groups excluding carboxylic acids is 1. The maximum absolute atomic E-state index is 11.7. The summed E-state index contributed by atoms with van der Waals surface area (Å²) in [6.07, 6.45) is 0.911. The van der Waals surface area contributed by atoms with Gasteiger partial charge in [0, 0.05) is 18.7 Å². The van der Waals surface area contributed by atoms with Crippen LogP contribution in [0.5, 0.6) is 0 Å². The Labute approximate surface area is 89.4 Å². The molecule has 3 nitrogen and oxygen atoms in total. The molecule has 3 heteroatoms. The molecule has 80 valence electrons. The van der Waals surface area contributed by atoms with E-state index in [2.05, 4.69) is 5.32 Å². The molecule has 1 amide bonds. The van der Waals surface area contributed by atoms with E-state index in [-0.39, 0.29) is 11.9 Å². The van der Waals surface area contributed by atoms with E-state index in [0.29, 0.717) is 6.61 Å². The summed E-state index contributed by atoms with van der Waals surface area (Å²) in [5.41, 5.74) is 2.97. The van der Waals surface area contributed by atoms with Crippen LogP contribution < -0.4 is 5.32 Å². The Balaban J connectivity index is 2.35. The van der Waals surface area contributed by atoms with E-state index in [4.69, 9.17) is 4.74 Å². The molecule has 0 spiro atoms. The van der Waals surface area contributed by atoms with Crippen LogP contribution in [0.15, 0.2) is 18.2 Å². The van der Waals surface area contributed by atoms with Gasteiger partial charge in [-0.15, -0.1) is 0 Å². The number of amides is 1. The Bertz CT molecular complexity index is 387. The topological polar surface area (TPSA) is 38.3 Å². The van der Waals surface area contributed by atoms with Gasteiger partial charge in [0.1, 0.15) is 0 Å². The molecule has 1 unspecified atom stereocenters. The Hall–Kier alpha value is -1.35. The molecule has 0 fully saturated rings. The van der Waals surface area contributed by atoms with Crippen LogP contribution in [0.1, 0.15) is 28.4 Å². The predicted octanol–water partition coefficient (Wildman–Crippen LogP) is 1.51. The zero-order valence-corrected chi connectivity index (χ0v) is 9.04. The Morgan fingerprint density at radius 1 is 1.53 bits per heavy atom. The van der Waals surface area contributed by atoms with Crippen molar-refractivity contribution in [3.63, 3.8) is 0 Å². The van der Waals surface area contributed by atoms with Crippen LogP contribution in [0.2, 0.25) is 0 Å². The van der Waals surface area contributed by atoms with Gasteiger partial charge in [0.25, 0.3) is 5.91 Å². The van der Waals surface area contributed by atoms with Gasteiger partial charge in [-0.1, -0.05) is 12.1 Å². The first-order chi connectivity index (χ1) is 7.20. The Morgan fingerprint density at radius 2 is 2.33 bits per heavy atom. The first-order valence-electron chi connectivity index (χ1n) is 5.12. The quantitative estimate of drug-likeness (QED) is 0.794. The second-order valence-electron chi connectivity index (χ2n) is 4.00. The van der Waals surface area contributed by atoms with E-state index in [1.165, 1.54) is 0 Å². The van der Waals surface area contributed by atoms with Crippen molar-refractivity contribution in [1.82, 2.24) is 5.32 Å². The molecule has 1 N–H and O–H groups in total. The van der Waals surface area contributed by atoms with Crippen LogP contribution in [-0.4, -0.2) is 19.1 Å². The first kappa shape index (κ1) is 10.2. The number of methoxy groups -OCH3 is 1. The zero-order chi connectivity index (χ0) is 10.8. The third-order valence-corrected chi connectivity index (χ3v) is 2.63. The first-order valence-corrected chi connectivity index (χ1v) is 5.12. The molecule has 1 heterocycles. The number of fused-ring (bicyclic) bond motifs is 1. The molecule has 15 heavy (non-hydrogen) atoms. The standard InChI is InChI=1S/C12H15NO2/c1-8-5-10-4-3-9(7-15-2)6-11(10)12(14)13-8/h3-4,6,8H,5,7H2,1-2H3,(H,13,14). The second-order valence-corrected chi connectivity index (χ2v) is 4.00. The lowest BCUT2D eigenvalue weighted by atomic mass is 9.94. The lowest BCUT2D eigenvalue weighted by Crippen LogP contribution is -2.39. The normalized spacial score (nSPS) is 19.6. The summed E-state index contributed by atoms with van der Waals surface area (Å²) >= 11 is 0. The van der Waals surface area contributed by atoms with Gasteiger partial charge in [-0.05, 0) is 30.5 Å². The van der Waals surface area contributed by atoms with Crippen LogP contribution in [0.3, 0.4) is 0 Å². The molecule has 0 bridgehead atoms. The number of hydrogen-bond acceptors (Lipinski definition) is 2. The molecule has 1 aromatic rings. The predicted molar refractivity (Wildman–Crippen MR) is 57.8 cm³/mol. The van der Waals surface area contributed by atoms with Crippen molar-refractivity contribution in [2.75, 3.05) is 7.11 Å². The largest absolute Gasteiger partial charge is 0.380 e. The van der Waals surface area contributed by atoms with E-state index in [1.807, 2.05) is 25.1 Å². The van der Waals surface area contributed by atoms with Crippen molar-refractivity contribution in [3.8, 4) is 0 Å². The van der Waals surface area contributed by atoms with Crippen molar-refractivity contribution < 1.29 is 9.53 Å². The summed E-state index contributed by atoms with van der Waals surface area (Å²) in [6, 6.07) is 6.20. The van der Waals surface area contributed by atoms with Gasteiger partial charge in [0.05, 0.1) is 6.61 Å². The van der Waals surface area contributed by atoms with Crippen LogP contribution in [-0.2, 0) is 17.8 Å². The highest BCUT2D eigenvalue weighted by Crippen LogP contribution is 2.18. The molecule has 1 atom stereocenters. The smallest absolute Gasteiger partial charge is 0.251 e. The fourth-order valence-corrected chi connectivity index (χ4v) is 1.95. The van der Waals surface area contributed by atoms with Crippen LogP contribution >= 0.6 is 0 Å². The van der Waals surface area contributed by atoms with Crippen molar-refractivity contribution in [3.05, 3.63) is 34.9 Å². The SMILES string of the molecule is COCc1ccc2c(c1)C(=O)NC(C)C2. The number of rotatable bonds is 2. The minimum atomic E-state index is 0.0294. The van der Waals surface area contributed by atoms with E-state index in [0.717, 1.165) is 23.1 Å². The summed E-state index contributed by atoms with van der Waals surface area (Å²) in [5, 5.41) is 2.92. The molecule has 0 saturated heterocycles. The van der Waals surface area contributed by atoms with Crippen LogP contribution in [0.4, 0.5) is 0 Å². The van der Waals surface area contributed by atoms with E-state index >= 15 is 0 Å². The highest BCUT2D eigenvalue weighted by Gasteiger charge is 2.21. The summed E-state index contributed by atoms with van der Waals surface area (Å²) in [7, 11) is 1.65. The van der Waals surface area contributed by atoms with Crippen LogP contribution in [0.25, 0.3) is 0 Å². The van der Waals surface area contributed by atoms with Gasteiger partial charge in [-0.3, -0.25) is 4.79 Å². The summed E-state index contributed by atoms with van der Waals surface area (Å²) in [5.74, 6) is 0.0294. The van der Waals surface area contributed by atoms with E-state index in [9.17, 15) is 4.79 Å². The minimum absolute atomic E-state index is 0.0294. The van der Waals surface area contributed by atoms with Crippen molar-refractivity contribution >= 4 is 5.91 Å². The van der Waals surface area contributed by atoms with Gasteiger partial charge in [0.2, 0.25) is 0 Å². The van der Waals surface area contributed by atoms with Gasteiger partial charge in [-0.25, -0.2) is 0 Å². The third-order valence-electron chi connectivity index (χ3n) is 2.63. The molecule has 0 aliphatic carbocycles. The van der Waals surface area contributed by atoms with E-state index < -0.39 is 0 Å². The van der Waals surface area contributed by atoms with Crippen molar-refractivity contribution in [2.24, 2.45) is 0 Å². The molecular weight excluding hydrogens is 190 g/mol. The third kappa shape index (κ3) is 2.02. The number of carbonyl (C=O) groups is 1. The average Bonchev–Trinajstić information content (AvgIpc) is 2.19. The van der Waals surface area contributed by atoms with Crippen LogP contribution in [0, 0.1) is 0 Å². The molecule has 0 saturated carbocycles. The number of ether oxygens (including phenoxy) is 1. The minimum Gasteiger partial charge on any atom is -0.380 e. The monoisotopic (exact) mass is 205 g/mol. The van der Waals surface area contributed by atoms with Gasteiger partial charge in [-0.2, -0.15) is 0 Å². The molecule has 1 aromatic carbocycles. The maximum atomic E-state index is 11.7. The summed E-state index contributed by atoms with van der Waals surface area (Å²) in [6.45, 7) is 2.57. The molecule has 1 aliphatic rings. The zero-order valence-electron chi connectivity index (χ0n) is 9.04. The number of hydrogen-bond donors (Lipinski definition) is 1. The highest BCUT2D eigenvalue weighted by molar-refractivity contribution is 5.97. The molecule has 0 radical (unpaired) electrons. The highest BCUT2D eigenvalue weighted by atomic mass is 16.5. The van der Waals surface area contributed by atoms with Gasteiger partial charge >= 0.3 is 0 Å². The maximum Gasteiger partial charge on any atom is 0.251 e. The molecule has 1 aliphatic heterocycles. The van der Waals surface area contributed by atoms with Crippen molar-refractivity contribution in [1.29, 1.82) is 0 Å². The average molecular weight is 205 g/mol. The fraction of sp³-hybridized carbons (Fsp3) is 0.417. The summed E-state index contributed by atoms with van der Waals surface area (Å²) in [4.78, 5) is 11.7. The lowest BCUT2D eigenvalue weighted by molar-refractivity contribution is 0.0929. The Kier molecular flexibility index (Phi) is 2.73. The second kappa shape index (κ2) is 4.03. The summed E-state index contributed by atoms with van der Waals surface area (Å²) < 4.78 is 5.04. The molecule has 0 aromatic heterocycles. The number of benzene rings is 1. The van der Waals surface area contributed by atoms with Gasteiger partial charge in [0.15, 0.2) is 0 Å². The number of nitrogens with one attached hydrogen (secondary N) is 1.